The molecule has 1 aromatic heterocycles. The highest BCUT2D eigenvalue weighted by Crippen LogP contribution is 2.21. The third-order valence-corrected chi connectivity index (χ3v) is 2.25. The van der Waals surface area contributed by atoms with E-state index in [4.69, 9.17) is 10.2 Å². The van der Waals surface area contributed by atoms with Crippen LogP contribution in [0.3, 0.4) is 0 Å². The van der Waals surface area contributed by atoms with E-state index in [2.05, 4.69) is 5.32 Å². The van der Waals surface area contributed by atoms with E-state index < -0.39 is 6.03 Å². The van der Waals surface area contributed by atoms with Crippen LogP contribution < -0.4 is 11.1 Å². The van der Waals surface area contributed by atoms with E-state index in [0.29, 0.717) is 5.76 Å². The molecule has 1 aromatic carbocycles. The zero-order valence-corrected chi connectivity index (χ0v) is 8.59. The smallest absolute Gasteiger partial charge is 0.313 e. The average Bonchev–Trinajstić information content (AvgIpc) is 2.80. The summed E-state index contributed by atoms with van der Waals surface area (Å²) in [4.78, 5) is 10.9. The van der Waals surface area contributed by atoms with E-state index >= 15 is 0 Å². The van der Waals surface area contributed by atoms with Gasteiger partial charge in [-0.3, -0.25) is 0 Å². The molecule has 0 saturated carbocycles. The quantitative estimate of drug-likeness (QED) is 0.824. The van der Waals surface area contributed by atoms with Crippen molar-refractivity contribution < 1.29 is 9.21 Å². The maximum absolute atomic E-state index is 10.9. The number of carbonyl (C=O) groups excluding carboxylic acids is 1. The van der Waals surface area contributed by atoms with Gasteiger partial charge in [-0.05, 0) is 17.7 Å². The van der Waals surface area contributed by atoms with Crippen LogP contribution in [0.4, 0.5) is 4.79 Å². The molecule has 16 heavy (non-hydrogen) atoms. The molecular weight excluding hydrogens is 204 g/mol. The number of hydrogen-bond donors (Lipinski definition) is 2. The summed E-state index contributed by atoms with van der Waals surface area (Å²) in [5.74, 6) is 0.657. The Hall–Kier alpha value is -2.23. The van der Waals surface area contributed by atoms with Crippen molar-refractivity contribution in [3.8, 4) is 0 Å². The van der Waals surface area contributed by atoms with Gasteiger partial charge in [0.2, 0.25) is 0 Å². The molecule has 0 aliphatic carbocycles. The largest absolute Gasteiger partial charge is 0.467 e. The number of carbonyl (C=O) groups is 1. The van der Waals surface area contributed by atoms with Gasteiger partial charge in [-0.2, -0.15) is 0 Å². The van der Waals surface area contributed by atoms with Crippen molar-refractivity contribution in [2.24, 2.45) is 5.73 Å². The predicted molar refractivity (Wildman–Crippen MR) is 59.7 cm³/mol. The first-order chi connectivity index (χ1) is 7.77. The molecule has 4 nitrogen and oxygen atoms in total. The van der Waals surface area contributed by atoms with Crippen LogP contribution in [0.2, 0.25) is 0 Å². The van der Waals surface area contributed by atoms with Crippen LogP contribution in [0.15, 0.2) is 53.1 Å². The lowest BCUT2D eigenvalue weighted by atomic mass is 10.1. The molecule has 0 aliphatic heterocycles. The zero-order valence-electron chi connectivity index (χ0n) is 8.59. The van der Waals surface area contributed by atoms with Crippen LogP contribution in [0.1, 0.15) is 17.4 Å². The maximum Gasteiger partial charge on any atom is 0.313 e. The van der Waals surface area contributed by atoms with Crippen molar-refractivity contribution in [3.05, 3.63) is 60.1 Å². The van der Waals surface area contributed by atoms with Crippen molar-refractivity contribution in [2.45, 2.75) is 6.04 Å². The number of hydrogen-bond acceptors (Lipinski definition) is 2. The standard InChI is InChI=1S/C12H12N2O2/c13-12(15)14-11(10-7-4-8-16-10)9-5-2-1-3-6-9/h1-8,11H,(H3,13,14,15). The van der Waals surface area contributed by atoms with Gasteiger partial charge in [-0.1, -0.05) is 30.3 Å². The van der Waals surface area contributed by atoms with Gasteiger partial charge in [0.05, 0.1) is 6.26 Å². The molecule has 1 atom stereocenters. The zero-order chi connectivity index (χ0) is 11.4. The molecule has 1 unspecified atom stereocenters. The molecule has 0 fully saturated rings. The SMILES string of the molecule is NC(=O)NC(c1ccccc1)c1ccco1. The van der Waals surface area contributed by atoms with Crippen molar-refractivity contribution in [2.75, 3.05) is 0 Å². The fraction of sp³-hybridized carbons (Fsp3) is 0.0833. The molecule has 0 spiro atoms. The Balaban J connectivity index is 2.32. The number of rotatable bonds is 3. The molecule has 0 bridgehead atoms. The van der Waals surface area contributed by atoms with Crippen LogP contribution in [-0.2, 0) is 0 Å². The number of amides is 2. The Morgan fingerprint density at radius 3 is 2.50 bits per heavy atom. The molecule has 4 heteroatoms. The van der Waals surface area contributed by atoms with Crippen LogP contribution in [0.25, 0.3) is 0 Å². The first kappa shape index (κ1) is 10.3. The lowest BCUT2D eigenvalue weighted by Crippen LogP contribution is -2.33. The van der Waals surface area contributed by atoms with Crippen molar-refractivity contribution in [1.82, 2.24) is 5.32 Å². The third kappa shape index (κ3) is 2.23. The summed E-state index contributed by atoms with van der Waals surface area (Å²) in [5, 5.41) is 2.64. The van der Waals surface area contributed by atoms with Gasteiger partial charge < -0.3 is 15.5 Å². The Labute approximate surface area is 93.1 Å². The number of nitrogens with one attached hydrogen (secondary N) is 1. The number of nitrogens with two attached hydrogens (primary N) is 1. The van der Waals surface area contributed by atoms with Crippen LogP contribution >= 0.6 is 0 Å². The molecule has 0 saturated heterocycles. The summed E-state index contributed by atoms with van der Waals surface area (Å²) in [6.45, 7) is 0. The second-order valence-electron chi connectivity index (χ2n) is 3.37. The molecule has 3 N–H and O–H groups in total. The summed E-state index contributed by atoms with van der Waals surface area (Å²) in [5.41, 5.74) is 6.07. The average molecular weight is 216 g/mol. The topological polar surface area (TPSA) is 68.3 Å². The van der Waals surface area contributed by atoms with Crippen LogP contribution in [0, 0.1) is 0 Å². The van der Waals surface area contributed by atoms with Crippen LogP contribution in [-0.4, -0.2) is 6.03 Å². The summed E-state index contributed by atoms with van der Waals surface area (Å²) in [6, 6.07) is 12.2. The molecule has 2 amide bonds. The van der Waals surface area contributed by atoms with Gasteiger partial charge in [0.15, 0.2) is 0 Å². The Kier molecular flexibility index (Phi) is 2.91. The Bertz CT molecular complexity index is 451. The van der Waals surface area contributed by atoms with Crippen LogP contribution in [0.5, 0.6) is 0 Å². The van der Waals surface area contributed by atoms with Gasteiger partial charge in [0, 0.05) is 0 Å². The molecule has 0 radical (unpaired) electrons. The molecular formula is C12H12N2O2. The minimum atomic E-state index is -0.578. The van der Waals surface area contributed by atoms with Gasteiger partial charge in [0.1, 0.15) is 11.8 Å². The lowest BCUT2D eigenvalue weighted by Gasteiger charge is -2.15. The van der Waals surface area contributed by atoms with Gasteiger partial charge in [-0.15, -0.1) is 0 Å². The second-order valence-corrected chi connectivity index (χ2v) is 3.37. The fourth-order valence-corrected chi connectivity index (χ4v) is 1.56. The molecule has 2 rings (SSSR count). The summed E-state index contributed by atoms with van der Waals surface area (Å²) in [6.07, 6.45) is 1.56. The molecule has 2 aromatic rings. The first-order valence-corrected chi connectivity index (χ1v) is 4.91. The number of primary amides is 1. The van der Waals surface area contributed by atoms with E-state index in [0.717, 1.165) is 5.56 Å². The fourth-order valence-electron chi connectivity index (χ4n) is 1.56. The monoisotopic (exact) mass is 216 g/mol. The third-order valence-electron chi connectivity index (χ3n) is 2.25. The first-order valence-electron chi connectivity index (χ1n) is 4.91. The van der Waals surface area contributed by atoms with Crippen molar-refractivity contribution in [3.63, 3.8) is 0 Å². The van der Waals surface area contributed by atoms with Crippen molar-refractivity contribution in [1.29, 1.82) is 0 Å². The van der Waals surface area contributed by atoms with E-state index in [1.165, 1.54) is 0 Å². The number of urea groups is 1. The molecule has 82 valence electrons. The van der Waals surface area contributed by atoms with Gasteiger partial charge >= 0.3 is 6.03 Å². The van der Waals surface area contributed by atoms with E-state index in [1.807, 2.05) is 30.3 Å². The number of benzene rings is 1. The minimum absolute atomic E-state index is 0.339. The number of furan rings is 1. The highest BCUT2D eigenvalue weighted by molar-refractivity contribution is 5.72. The summed E-state index contributed by atoms with van der Waals surface area (Å²) in [7, 11) is 0. The van der Waals surface area contributed by atoms with Gasteiger partial charge in [-0.25, -0.2) is 4.79 Å². The van der Waals surface area contributed by atoms with E-state index in [-0.39, 0.29) is 6.04 Å². The molecule has 0 aliphatic rings. The highest BCUT2D eigenvalue weighted by Gasteiger charge is 2.17. The predicted octanol–water partition coefficient (Wildman–Crippen LogP) is 2.04. The van der Waals surface area contributed by atoms with Crippen molar-refractivity contribution >= 4 is 6.03 Å². The van der Waals surface area contributed by atoms with E-state index in [1.54, 1.807) is 18.4 Å². The summed E-state index contributed by atoms with van der Waals surface area (Å²) >= 11 is 0. The normalized spacial score (nSPS) is 12.0. The molecule has 1 heterocycles. The second kappa shape index (κ2) is 4.53. The lowest BCUT2D eigenvalue weighted by molar-refractivity contribution is 0.245. The minimum Gasteiger partial charge on any atom is -0.467 e. The summed E-state index contributed by atoms with van der Waals surface area (Å²) < 4.78 is 5.28. The van der Waals surface area contributed by atoms with Gasteiger partial charge in [0.25, 0.3) is 0 Å². The Morgan fingerprint density at radius 1 is 1.19 bits per heavy atom. The Morgan fingerprint density at radius 2 is 1.94 bits per heavy atom. The highest BCUT2D eigenvalue weighted by atomic mass is 16.3. The maximum atomic E-state index is 10.9. The van der Waals surface area contributed by atoms with E-state index in [9.17, 15) is 4.79 Å².